The lowest BCUT2D eigenvalue weighted by Gasteiger charge is -2.11. The number of hydrogen-bond donors (Lipinski definition) is 1. The lowest BCUT2D eigenvalue weighted by molar-refractivity contribution is 0.0516. The molecule has 2 rings (SSSR count). The SMILES string of the molecule is CCOC(=O)c1nn(C)cc1C1(CN)CC1. The van der Waals surface area contributed by atoms with Gasteiger partial charge in [0.15, 0.2) is 5.69 Å². The predicted octanol–water partition coefficient (Wildman–Crippen LogP) is 0.587. The molecular formula is C11H17N3O2. The third-order valence-electron chi connectivity index (χ3n) is 3.11. The highest BCUT2D eigenvalue weighted by Gasteiger charge is 2.46. The van der Waals surface area contributed by atoms with Gasteiger partial charge >= 0.3 is 5.97 Å². The van der Waals surface area contributed by atoms with Crippen LogP contribution in [0.5, 0.6) is 0 Å². The smallest absolute Gasteiger partial charge is 0.359 e. The van der Waals surface area contributed by atoms with E-state index in [1.54, 1.807) is 18.7 Å². The van der Waals surface area contributed by atoms with Crippen LogP contribution < -0.4 is 5.73 Å². The van der Waals surface area contributed by atoms with Crippen LogP contribution in [0.1, 0.15) is 35.8 Å². The maximum atomic E-state index is 11.7. The van der Waals surface area contributed by atoms with E-state index in [1.165, 1.54) is 0 Å². The molecule has 1 aliphatic carbocycles. The predicted molar refractivity (Wildman–Crippen MR) is 59.1 cm³/mol. The van der Waals surface area contributed by atoms with Crippen molar-refractivity contribution in [1.82, 2.24) is 9.78 Å². The Morgan fingerprint density at radius 2 is 2.38 bits per heavy atom. The summed E-state index contributed by atoms with van der Waals surface area (Å²) in [5.41, 5.74) is 7.10. The summed E-state index contributed by atoms with van der Waals surface area (Å²) < 4.78 is 6.64. The molecule has 1 saturated carbocycles. The lowest BCUT2D eigenvalue weighted by atomic mass is 9.97. The molecule has 16 heavy (non-hydrogen) atoms. The van der Waals surface area contributed by atoms with Gasteiger partial charge in [-0.25, -0.2) is 4.79 Å². The normalized spacial score (nSPS) is 17.2. The Labute approximate surface area is 94.6 Å². The van der Waals surface area contributed by atoms with Crippen LogP contribution in [0.25, 0.3) is 0 Å². The molecule has 1 fully saturated rings. The van der Waals surface area contributed by atoms with Crippen LogP contribution in [-0.2, 0) is 17.2 Å². The van der Waals surface area contributed by atoms with Crippen molar-refractivity contribution in [3.8, 4) is 0 Å². The second kappa shape index (κ2) is 3.90. The van der Waals surface area contributed by atoms with Gasteiger partial charge in [0.2, 0.25) is 0 Å². The van der Waals surface area contributed by atoms with Crippen molar-refractivity contribution in [3.63, 3.8) is 0 Å². The molecule has 0 atom stereocenters. The molecule has 0 aliphatic heterocycles. The first kappa shape index (κ1) is 11.1. The zero-order valence-corrected chi connectivity index (χ0v) is 9.69. The van der Waals surface area contributed by atoms with Crippen molar-refractivity contribution >= 4 is 5.97 Å². The second-order valence-corrected chi connectivity index (χ2v) is 4.27. The molecule has 0 saturated heterocycles. The Bertz CT molecular complexity index is 407. The van der Waals surface area contributed by atoms with Gasteiger partial charge in [-0.1, -0.05) is 0 Å². The highest BCUT2D eigenvalue weighted by atomic mass is 16.5. The molecule has 0 aromatic carbocycles. The first-order valence-corrected chi connectivity index (χ1v) is 5.54. The number of nitrogens with two attached hydrogens (primary N) is 1. The van der Waals surface area contributed by atoms with Gasteiger partial charge < -0.3 is 10.5 Å². The zero-order chi connectivity index (χ0) is 11.8. The molecule has 0 spiro atoms. The van der Waals surface area contributed by atoms with Crippen LogP contribution in [0.15, 0.2) is 6.20 Å². The molecule has 5 nitrogen and oxygen atoms in total. The van der Waals surface area contributed by atoms with Gasteiger partial charge in [0.1, 0.15) is 0 Å². The minimum Gasteiger partial charge on any atom is -0.461 e. The molecule has 1 heterocycles. The van der Waals surface area contributed by atoms with Gasteiger partial charge in [0, 0.05) is 30.8 Å². The van der Waals surface area contributed by atoms with Gasteiger partial charge in [-0.05, 0) is 19.8 Å². The summed E-state index contributed by atoms with van der Waals surface area (Å²) in [6, 6.07) is 0. The Balaban J connectivity index is 2.34. The van der Waals surface area contributed by atoms with Crippen molar-refractivity contribution in [2.75, 3.05) is 13.2 Å². The molecule has 1 aromatic heterocycles. The average molecular weight is 223 g/mol. The topological polar surface area (TPSA) is 70.1 Å². The number of hydrogen-bond acceptors (Lipinski definition) is 4. The first-order valence-electron chi connectivity index (χ1n) is 5.54. The average Bonchev–Trinajstić information content (AvgIpc) is 2.96. The van der Waals surface area contributed by atoms with Crippen LogP contribution >= 0.6 is 0 Å². The fourth-order valence-electron chi connectivity index (χ4n) is 1.96. The highest BCUT2D eigenvalue weighted by Crippen LogP contribution is 2.48. The van der Waals surface area contributed by atoms with E-state index in [9.17, 15) is 4.79 Å². The summed E-state index contributed by atoms with van der Waals surface area (Å²) in [5, 5.41) is 4.17. The summed E-state index contributed by atoms with van der Waals surface area (Å²) in [4.78, 5) is 11.7. The second-order valence-electron chi connectivity index (χ2n) is 4.27. The Kier molecular flexibility index (Phi) is 2.71. The van der Waals surface area contributed by atoms with E-state index in [4.69, 9.17) is 10.5 Å². The molecule has 1 aliphatic rings. The van der Waals surface area contributed by atoms with Crippen molar-refractivity contribution in [1.29, 1.82) is 0 Å². The molecule has 2 N–H and O–H groups in total. The van der Waals surface area contributed by atoms with Crippen LogP contribution in [0.2, 0.25) is 0 Å². The van der Waals surface area contributed by atoms with Crippen molar-refractivity contribution < 1.29 is 9.53 Å². The minimum absolute atomic E-state index is 0.0314. The van der Waals surface area contributed by atoms with Gasteiger partial charge in [0.05, 0.1) is 6.61 Å². The summed E-state index contributed by atoms with van der Waals surface area (Å²) in [6.07, 6.45) is 3.94. The molecule has 0 amide bonds. The fourth-order valence-corrected chi connectivity index (χ4v) is 1.96. The quantitative estimate of drug-likeness (QED) is 0.758. The number of rotatable bonds is 4. The van der Waals surface area contributed by atoms with E-state index in [1.807, 2.05) is 6.20 Å². The van der Waals surface area contributed by atoms with E-state index >= 15 is 0 Å². The summed E-state index contributed by atoms with van der Waals surface area (Å²) >= 11 is 0. The third-order valence-corrected chi connectivity index (χ3v) is 3.11. The molecule has 0 unspecified atom stereocenters. The Hall–Kier alpha value is -1.36. The van der Waals surface area contributed by atoms with E-state index in [0.29, 0.717) is 18.8 Å². The molecule has 0 bridgehead atoms. The summed E-state index contributed by atoms with van der Waals surface area (Å²) in [5.74, 6) is -0.349. The molecule has 5 heteroatoms. The standard InChI is InChI=1S/C11H17N3O2/c1-3-16-10(15)9-8(6-14(2)13-9)11(7-12)4-5-11/h6H,3-5,7,12H2,1-2H3. The number of nitrogens with zero attached hydrogens (tertiary/aromatic N) is 2. The highest BCUT2D eigenvalue weighted by molar-refractivity contribution is 5.89. The van der Waals surface area contributed by atoms with Gasteiger partial charge in [-0.15, -0.1) is 0 Å². The first-order chi connectivity index (χ1) is 7.63. The van der Waals surface area contributed by atoms with E-state index in [-0.39, 0.29) is 11.4 Å². The largest absolute Gasteiger partial charge is 0.461 e. The van der Waals surface area contributed by atoms with E-state index in [0.717, 1.165) is 18.4 Å². The zero-order valence-electron chi connectivity index (χ0n) is 9.69. The van der Waals surface area contributed by atoms with Crippen molar-refractivity contribution in [2.24, 2.45) is 12.8 Å². The van der Waals surface area contributed by atoms with E-state index < -0.39 is 0 Å². The number of carbonyl (C=O) groups is 1. The van der Waals surface area contributed by atoms with Gasteiger partial charge in [-0.3, -0.25) is 4.68 Å². The van der Waals surface area contributed by atoms with Crippen LogP contribution in [-0.4, -0.2) is 28.9 Å². The number of aromatic nitrogens is 2. The third kappa shape index (κ3) is 1.71. The number of ether oxygens (including phenoxy) is 1. The van der Waals surface area contributed by atoms with Gasteiger partial charge in [-0.2, -0.15) is 5.10 Å². The number of carbonyl (C=O) groups excluding carboxylic acids is 1. The maximum Gasteiger partial charge on any atom is 0.359 e. The number of esters is 1. The van der Waals surface area contributed by atoms with Crippen molar-refractivity contribution in [3.05, 3.63) is 17.5 Å². The fraction of sp³-hybridized carbons (Fsp3) is 0.636. The van der Waals surface area contributed by atoms with E-state index in [2.05, 4.69) is 5.10 Å². The Morgan fingerprint density at radius 1 is 1.69 bits per heavy atom. The monoisotopic (exact) mass is 223 g/mol. The summed E-state index contributed by atoms with van der Waals surface area (Å²) in [6.45, 7) is 2.71. The molecule has 1 aromatic rings. The minimum atomic E-state index is -0.349. The molecular weight excluding hydrogens is 206 g/mol. The van der Waals surface area contributed by atoms with Crippen molar-refractivity contribution in [2.45, 2.75) is 25.2 Å². The van der Waals surface area contributed by atoms with Crippen LogP contribution in [0.4, 0.5) is 0 Å². The van der Waals surface area contributed by atoms with Crippen LogP contribution in [0.3, 0.4) is 0 Å². The molecule has 88 valence electrons. The number of aryl methyl sites for hydroxylation is 1. The molecule has 0 radical (unpaired) electrons. The Morgan fingerprint density at radius 3 is 2.88 bits per heavy atom. The van der Waals surface area contributed by atoms with Gasteiger partial charge in [0.25, 0.3) is 0 Å². The lowest BCUT2D eigenvalue weighted by Crippen LogP contribution is -2.22. The maximum absolute atomic E-state index is 11.7. The summed E-state index contributed by atoms with van der Waals surface area (Å²) in [7, 11) is 1.80. The van der Waals surface area contributed by atoms with Crippen LogP contribution in [0, 0.1) is 0 Å².